The van der Waals surface area contributed by atoms with Gasteiger partial charge in [0, 0.05) is 44.2 Å². The van der Waals surface area contributed by atoms with Crippen LogP contribution < -0.4 is 14.4 Å². The number of carboxylic acid groups (broad SMARTS) is 2. The average Bonchev–Trinajstić information content (AvgIpc) is 2.95. The van der Waals surface area contributed by atoms with E-state index in [9.17, 15) is 9.90 Å². The Bertz CT molecular complexity index is 1110. The summed E-state index contributed by atoms with van der Waals surface area (Å²) in [5, 5.41) is 25.1. The van der Waals surface area contributed by atoms with E-state index in [2.05, 4.69) is 15.9 Å². The molecule has 212 valence electrons. The van der Waals surface area contributed by atoms with Crippen LogP contribution in [-0.2, 0) is 20.9 Å². The summed E-state index contributed by atoms with van der Waals surface area (Å²) in [6.45, 7) is 8.16. The maximum atomic E-state index is 13.2. The van der Waals surface area contributed by atoms with Crippen LogP contribution in [0.2, 0.25) is 0 Å². The van der Waals surface area contributed by atoms with Gasteiger partial charge in [-0.3, -0.25) is 9.69 Å². The highest BCUT2D eigenvalue weighted by Gasteiger charge is 2.31. The molecule has 2 aliphatic heterocycles. The highest BCUT2D eigenvalue weighted by atomic mass is 16.5. The molecule has 2 aromatic rings. The van der Waals surface area contributed by atoms with Crippen LogP contribution in [0.15, 0.2) is 42.5 Å². The SMILES string of the molecule is CCOc1ccccc1N1CCN(C(=O)C2CCN(Cc3cccc(OC)c3O)CC2)CC1.O=C(O)C(=O)O. The molecule has 2 saturated heterocycles. The van der Waals surface area contributed by atoms with Gasteiger partial charge in [0.2, 0.25) is 5.91 Å². The summed E-state index contributed by atoms with van der Waals surface area (Å²) < 4.78 is 11.0. The molecule has 0 atom stereocenters. The lowest BCUT2D eigenvalue weighted by atomic mass is 9.94. The van der Waals surface area contributed by atoms with E-state index in [4.69, 9.17) is 29.3 Å². The Hall–Kier alpha value is -3.99. The van der Waals surface area contributed by atoms with Gasteiger partial charge in [0.15, 0.2) is 11.5 Å². The Morgan fingerprint density at radius 1 is 0.872 bits per heavy atom. The second-order valence-electron chi connectivity index (χ2n) is 9.34. The number of phenols is 1. The summed E-state index contributed by atoms with van der Waals surface area (Å²) in [5.74, 6) is -1.65. The Kier molecular flexibility index (Phi) is 10.8. The van der Waals surface area contributed by atoms with Gasteiger partial charge in [-0.05, 0) is 51.1 Å². The molecule has 0 aliphatic carbocycles. The topological polar surface area (TPSA) is 140 Å². The van der Waals surface area contributed by atoms with E-state index in [1.807, 2.05) is 42.2 Å². The number of benzene rings is 2. The fourth-order valence-electron chi connectivity index (χ4n) is 4.86. The van der Waals surface area contributed by atoms with Crippen molar-refractivity contribution in [1.29, 1.82) is 0 Å². The maximum Gasteiger partial charge on any atom is 0.414 e. The second kappa shape index (κ2) is 14.2. The highest BCUT2D eigenvalue weighted by Crippen LogP contribution is 2.32. The third-order valence-electron chi connectivity index (χ3n) is 6.91. The molecular formula is C28H37N3O8. The number of rotatable bonds is 7. The van der Waals surface area contributed by atoms with Gasteiger partial charge < -0.3 is 34.6 Å². The maximum absolute atomic E-state index is 13.2. The fourth-order valence-corrected chi connectivity index (χ4v) is 4.86. The molecule has 2 fully saturated rings. The first-order valence-corrected chi connectivity index (χ1v) is 13.0. The van der Waals surface area contributed by atoms with E-state index in [-0.39, 0.29) is 17.6 Å². The minimum Gasteiger partial charge on any atom is -0.504 e. The molecule has 2 aliphatic rings. The number of methoxy groups -OCH3 is 1. The number of hydrogen-bond donors (Lipinski definition) is 3. The van der Waals surface area contributed by atoms with E-state index < -0.39 is 11.9 Å². The second-order valence-corrected chi connectivity index (χ2v) is 9.34. The zero-order valence-electron chi connectivity index (χ0n) is 22.4. The summed E-state index contributed by atoms with van der Waals surface area (Å²) in [6.07, 6.45) is 1.72. The third kappa shape index (κ3) is 8.00. The summed E-state index contributed by atoms with van der Waals surface area (Å²) in [4.78, 5) is 38.0. The molecule has 0 radical (unpaired) electrons. The van der Waals surface area contributed by atoms with E-state index in [0.29, 0.717) is 18.9 Å². The standard InChI is InChI=1S/C26H35N3O4.C2H2O4/c1-3-33-23-9-5-4-8-22(23)28-15-17-29(18-16-28)26(31)20-11-13-27(14-12-20)19-21-7-6-10-24(32-2)25(21)30;3-1(4)2(5)6/h4-10,20,30H,3,11-19H2,1-2H3;(H,3,4)(H,5,6). The zero-order valence-corrected chi connectivity index (χ0v) is 22.4. The predicted octanol–water partition coefficient (Wildman–Crippen LogP) is 2.52. The minimum atomic E-state index is -1.82. The lowest BCUT2D eigenvalue weighted by Gasteiger charge is -2.39. The molecule has 1 amide bonds. The predicted molar refractivity (Wildman–Crippen MR) is 144 cm³/mol. The van der Waals surface area contributed by atoms with E-state index in [0.717, 1.165) is 69.1 Å². The van der Waals surface area contributed by atoms with Crippen molar-refractivity contribution in [1.82, 2.24) is 9.80 Å². The molecule has 3 N–H and O–H groups in total. The number of aliphatic carboxylic acids is 2. The molecule has 0 unspecified atom stereocenters. The number of phenolic OH excluding ortho intramolecular Hbond substituents is 1. The molecule has 0 spiro atoms. The van der Waals surface area contributed by atoms with Gasteiger partial charge in [-0.15, -0.1) is 0 Å². The van der Waals surface area contributed by atoms with Crippen LogP contribution in [0.3, 0.4) is 0 Å². The average molecular weight is 544 g/mol. The number of amides is 1. The normalized spacial score (nSPS) is 16.2. The summed E-state index contributed by atoms with van der Waals surface area (Å²) >= 11 is 0. The lowest BCUT2D eigenvalue weighted by molar-refractivity contribution is -0.159. The van der Waals surface area contributed by atoms with Crippen molar-refractivity contribution in [2.24, 2.45) is 5.92 Å². The van der Waals surface area contributed by atoms with Gasteiger partial charge >= 0.3 is 11.9 Å². The van der Waals surface area contributed by atoms with Crippen LogP contribution in [0.1, 0.15) is 25.3 Å². The number of para-hydroxylation sites is 3. The number of likely N-dealkylation sites (tertiary alicyclic amines) is 1. The van der Waals surface area contributed by atoms with Gasteiger partial charge in [0.05, 0.1) is 19.4 Å². The van der Waals surface area contributed by atoms with Crippen molar-refractivity contribution >= 4 is 23.5 Å². The molecule has 39 heavy (non-hydrogen) atoms. The van der Waals surface area contributed by atoms with Crippen molar-refractivity contribution in [3.8, 4) is 17.2 Å². The summed E-state index contributed by atoms with van der Waals surface area (Å²) in [7, 11) is 1.56. The number of nitrogens with zero attached hydrogens (tertiary/aromatic N) is 3. The number of piperidine rings is 1. The molecule has 11 nitrogen and oxygen atoms in total. The molecule has 4 rings (SSSR count). The Labute approximate surface area is 228 Å². The monoisotopic (exact) mass is 543 g/mol. The number of hydrogen-bond acceptors (Lipinski definition) is 8. The highest BCUT2D eigenvalue weighted by molar-refractivity contribution is 6.27. The molecular weight excluding hydrogens is 506 g/mol. The number of carbonyl (C=O) groups excluding carboxylic acids is 1. The number of ether oxygens (including phenoxy) is 2. The third-order valence-corrected chi connectivity index (χ3v) is 6.91. The van der Waals surface area contributed by atoms with Gasteiger partial charge in [-0.2, -0.15) is 0 Å². The van der Waals surface area contributed by atoms with Gasteiger partial charge in [-0.25, -0.2) is 9.59 Å². The van der Waals surface area contributed by atoms with E-state index in [1.54, 1.807) is 13.2 Å². The summed E-state index contributed by atoms with van der Waals surface area (Å²) in [6, 6.07) is 13.7. The van der Waals surface area contributed by atoms with Crippen LogP contribution in [0, 0.1) is 5.92 Å². The van der Waals surface area contributed by atoms with Crippen LogP contribution >= 0.6 is 0 Å². The lowest BCUT2D eigenvalue weighted by Crippen LogP contribution is -2.51. The number of aromatic hydroxyl groups is 1. The van der Waals surface area contributed by atoms with E-state index in [1.165, 1.54) is 0 Å². The Morgan fingerprint density at radius 3 is 2.08 bits per heavy atom. The number of carboxylic acids is 2. The van der Waals surface area contributed by atoms with Crippen molar-refractivity contribution in [2.45, 2.75) is 26.3 Å². The van der Waals surface area contributed by atoms with Gasteiger partial charge in [0.25, 0.3) is 0 Å². The Morgan fingerprint density at radius 2 is 1.49 bits per heavy atom. The Balaban J connectivity index is 0.000000631. The molecule has 2 aromatic carbocycles. The minimum absolute atomic E-state index is 0.0856. The van der Waals surface area contributed by atoms with Gasteiger partial charge in [0.1, 0.15) is 5.75 Å². The van der Waals surface area contributed by atoms with Gasteiger partial charge in [-0.1, -0.05) is 24.3 Å². The molecule has 2 heterocycles. The van der Waals surface area contributed by atoms with Crippen molar-refractivity contribution in [3.05, 3.63) is 48.0 Å². The molecule has 0 saturated carbocycles. The quantitative estimate of drug-likeness (QED) is 0.446. The first-order valence-electron chi connectivity index (χ1n) is 13.0. The van der Waals surface area contributed by atoms with Crippen LogP contribution in [-0.4, -0.2) is 96.0 Å². The van der Waals surface area contributed by atoms with Crippen LogP contribution in [0.5, 0.6) is 17.2 Å². The fraction of sp³-hybridized carbons (Fsp3) is 0.464. The largest absolute Gasteiger partial charge is 0.504 e. The smallest absolute Gasteiger partial charge is 0.414 e. The van der Waals surface area contributed by atoms with Crippen LogP contribution in [0.25, 0.3) is 0 Å². The van der Waals surface area contributed by atoms with E-state index >= 15 is 0 Å². The number of piperazine rings is 1. The molecule has 0 aromatic heterocycles. The summed E-state index contributed by atoms with van der Waals surface area (Å²) in [5.41, 5.74) is 1.98. The zero-order chi connectivity index (χ0) is 28.4. The number of anilines is 1. The first kappa shape index (κ1) is 29.6. The number of carbonyl (C=O) groups is 3. The van der Waals surface area contributed by atoms with Crippen molar-refractivity contribution < 1.29 is 39.2 Å². The van der Waals surface area contributed by atoms with Crippen LogP contribution in [0.4, 0.5) is 5.69 Å². The van der Waals surface area contributed by atoms with Crippen molar-refractivity contribution in [3.63, 3.8) is 0 Å². The van der Waals surface area contributed by atoms with Crippen molar-refractivity contribution in [2.75, 3.05) is 57.9 Å². The molecule has 0 bridgehead atoms. The first-order chi connectivity index (χ1) is 18.7. The molecule has 11 heteroatoms.